The number of nitrogens with one attached hydrogen (secondary N) is 1. The fraction of sp³-hybridized carbons (Fsp3) is 0.381. The minimum Gasteiger partial charge on any atom is -0.490 e. The fourth-order valence-corrected chi connectivity index (χ4v) is 3.47. The molecule has 7 nitrogen and oxygen atoms in total. The van der Waals surface area contributed by atoms with Crippen molar-refractivity contribution in [2.45, 2.75) is 38.0 Å². The summed E-state index contributed by atoms with van der Waals surface area (Å²) in [4.78, 5) is 12.6. The number of rotatable bonds is 11. The molecule has 0 spiro atoms. The number of hydrogen-bond donors (Lipinski definition) is 2. The van der Waals surface area contributed by atoms with E-state index in [1.165, 1.54) is 12.1 Å². The fourth-order valence-electron chi connectivity index (χ4n) is 2.69. The lowest BCUT2D eigenvalue weighted by Gasteiger charge is -2.15. The average molecular weight is 455 g/mol. The van der Waals surface area contributed by atoms with Gasteiger partial charge in [0, 0.05) is 12.1 Å². The molecular weight excluding hydrogens is 428 g/mol. The maximum atomic E-state index is 12.5. The maximum absolute atomic E-state index is 12.5. The molecule has 0 aliphatic carbocycles. The number of benzene rings is 2. The molecule has 30 heavy (non-hydrogen) atoms. The van der Waals surface area contributed by atoms with Gasteiger partial charge in [-0.05, 0) is 49.6 Å². The first-order valence-electron chi connectivity index (χ1n) is 9.75. The Labute approximate surface area is 182 Å². The number of sulfonamides is 1. The molecule has 0 radical (unpaired) electrons. The van der Waals surface area contributed by atoms with Gasteiger partial charge >= 0.3 is 0 Å². The van der Waals surface area contributed by atoms with Crippen LogP contribution in [0.15, 0.2) is 41.3 Å². The number of halogens is 1. The van der Waals surface area contributed by atoms with Crippen LogP contribution < -0.4 is 19.9 Å². The van der Waals surface area contributed by atoms with Crippen molar-refractivity contribution in [3.63, 3.8) is 0 Å². The topological polar surface area (TPSA) is 108 Å². The van der Waals surface area contributed by atoms with Crippen molar-refractivity contribution in [1.29, 1.82) is 0 Å². The first kappa shape index (κ1) is 24.0. The summed E-state index contributed by atoms with van der Waals surface area (Å²) in [6.45, 7) is 5.21. The van der Waals surface area contributed by atoms with Gasteiger partial charge < -0.3 is 14.8 Å². The van der Waals surface area contributed by atoms with E-state index in [1.807, 2.05) is 6.92 Å². The van der Waals surface area contributed by atoms with Crippen LogP contribution in [0.1, 0.15) is 42.6 Å². The van der Waals surface area contributed by atoms with E-state index in [1.54, 1.807) is 24.3 Å². The van der Waals surface area contributed by atoms with Crippen LogP contribution in [0.4, 0.5) is 0 Å². The summed E-state index contributed by atoms with van der Waals surface area (Å²) in [5.74, 6) is 0.586. The molecular formula is C21H27ClN2O5S. The second-order valence-corrected chi connectivity index (χ2v) is 8.58. The number of primary sulfonamides is 1. The third kappa shape index (κ3) is 6.90. The summed E-state index contributed by atoms with van der Waals surface area (Å²) in [5.41, 5.74) is 1.24. The molecule has 2 aromatic rings. The van der Waals surface area contributed by atoms with Crippen molar-refractivity contribution in [3.05, 3.63) is 52.5 Å². The highest BCUT2D eigenvalue weighted by Gasteiger charge is 2.16. The lowest BCUT2D eigenvalue weighted by Crippen LogP contribution is -2.25. The normalized spacial score (nSPS) is 11.2. The number of nitrogens with two attached hydrogens (primary N) is 1. The van der Waals surface area contributed by atoms with Crippen molar-refractivity contribution in [1.82, 2.24) is 5.32 Å². The van der Waals surface area contributed by atoms with Gasteiger partial charge in [-0.1, -0.05) is 37.1 Å². The zero-order chi connectivity index (χ0) is 22.1. The van der Waals surface area contributed by atoms with Crippen molar-refractivity contribution < 1.29 is 22.7 Å². The van der Waals surface area contributed by atoms with Gasteiger partial charge in [-0.3, -0.25) is 4.79 Å². The highest BCUT2D eigenvalue weighted by atomic mass is 35.5. The van der Waals surface area contributed by atoms with Crippen molar-refractivity contribution in [2.24, 2.45) is 5.14 Å². The first-order valence-corrected chi connectivity index (χ1v) is 11.7. The molecule has 0 saturated heterocycles. The predicted molar refractivity (Wildman–Crippen MR) is 117 cm³/mol. The largest absolute Gasteiger partial charge is 0.490 e. The van der Waals surface area contributed by atoms with E-state index in [-0.39, 0.29) is 10.8 Å². The van der Waals surface area contributed by atoms with Gasteiger partial charge in [0.05, 0.1) is 23.1 Å². The standard InChI is InChI=1S/C21H27ClN2O5S/c1-3-5-12-29-20-18(22)13-16(14-19(20)28-4-2)21(25)24-11-10-15-6-8-17(9-7-15)30(23,26)27/h6-9,13-14H,3-5,10-12H2,1-2H3,(H,24,25)(H2,23,26,27). The number of hydrogen-bond acceptors (Lipinski definition) is 5. The zero-order valence-electron chi connectivity index (χ0n) is 17.1. The molecule has 2 rings (SSSR count). The van der Waals surface area contributed by atoms with Gasteiger partial charge in [0.25, 0.3) is 5.91 Å². The molecule has 2 aromatic carbocycles. The quantitative estimate of drug-likeness (QED) is 0.505. The molecule has 0 aliphatic heterocycles. The number of carbonyl (C=O) groups is 1. The second-order valence-electron chi connectivity index (χ2n) is 6.62. The van der Waals surface area contributed by atoms with E-state index in [4.69, 9.17) is 26.2 Å². The summed E-state index contributed by atoms with van der Waals surface area (Å²) < 4.78 is 33.9. The Kier molecular flexibility index (Phi) is 8.95. The van der Waals surface area contributed by atoms with E-state index >= 15 is 0 Å². The van der Waals surface area contributed by atoms with E-state index in [9.17, 15) is 13.2 Å². The third-order valence-corrected chi connectivity index (χ3v) is 5.48. The molecule has 1 amide bonds. The summed E-state index contributed by atoms with van der Waals surface area (Å²) in [6.07, 6.45) is 2.41. The second kappa shape index (κ2) is 11.2. The molecule has 0 unspecified atom stereocenters. The minimum atomic E-state index is -3.72. The highest BCUT2D eigenvalue weighted by Crippen LogP contribution is 2.36. The van der Waals surface area contributed by atoms with E-state index < -0.39 is 10.0 Å². The Morgan fingerprint density at radius 1 is 1.13 bits per heavy atom. The third-order valence-electron chi connectivity index (χ3n) is 4.27. The van der Waals surface area contributed by atoms with Crippen LogP contribution in [0.3, 0.4) is 0 Å². The van der Waals surface area contributed by atoms with Gasteiger partial charge in [0.1, 0.15) is 0 Å². The maximum Gasteiger partial charge on any atom is 0.251 e. The number of ether oxygens (including phenoxy) is 2. The highest BCUT2D eigenvalue weighted by molar-refractivity contribution is 7.89. The van der Waals surface area contributed by atoms with Crippen molar-refractivity contribution >= 4 is 27.5 Å². The molecule has 0 saturated carbocycles. The minimum absolute atomic E-state index is 0.0506. The number of amides is 1. The Morgan fingerprint density at radius 3 is 2.43 bits per heavy atom. The first-order chi connectivity index (χ1) is 14.3. The summed E-state index contributed by atoms with van der Waals surface area (Å²) >= 11 is 6.33. The zero-order valence-corrected chi connectivity index (χ0v) is 18.7. The smallest absolute Gasteiger partial charge is 0.251 e. The van der Waals surface area contributed by atoms with Crippen LogP contribution in [0.5, 0.6) is 11.5 Å². The Hall–Kier alpha value is -2.29. The SMILES string of the molecule is CCCCOc1c(Cl)cc(C(=O)NCCc2ccc(S(N)(=O)=O)cc2)cc1OCC. The van der Waals surface area contributed by atoms with Crippen LogP contribution in [0.2, 0.25) is 5.02 Å². The van der Waals surface area contributed by atoms with E-state index in [0.717, 1.165) is 18.4 Å². The molecule has 0 bridgehead atoms. The van der Waals surface area contributed by atoms with Crippen LogP contribution in [-0.2, 0) is 16.4 Å². The molecule has 3 N–H and O–H groups in total. The number of unbranched alkanes of at least 4 members (excludes halogenated alkanes) is 1. The summed E-state index contributed by atoms with van der Waals surface area (Å²) in [7, 11) is -3.72. The molecule has 0 atom stereocenters. The molecule has 0 aromatic heterocycles. The van der Waals surface area contributed by atoms with Gasteiger partial charge in [0.2, 0.25) is 10.0 Å². The Bertz CT molecular complexity index is 962. The van der Waals surface area contributed by atoms with Crippen molar-refractivity contribution in [2.75, 3.05) is 19.8 Å². The number of carbonyl (C=O) groups excluding carboxylic acids is 1. The average Bonchev–Trinajstić information content (AvgIpc) is 2.69. The van der Waals surface area contributed by atoms with Gasteiger partial charge in [-0.2, -0.15) is 0 Å². The molecule has 0 aliphatic rings. The summed E-state index contributed by atoms with van der Waals surface area (Å²) in [5, 5.41) is 8.23. The molecule has 164 valence electrons. The van der Waals surface area contributed by atoms with Gasteiger partial charge in [0.15, 0.2) is 11.5 Å². The van der Waals surface area contributed by atoms with E-state index in [2.05, 4.69) is 12.2 Å². The summed E-state index contributed by atoms with van der Waals surface area (Å²) in [6, 6.07) is 9.39. The lowest BCUT2D eigenvalue weighted by molar-refractivity contribution is 0.0953. The Morgan fingerprint density at radius 2 is 1.83 bits per heavy atom. The lowest BCUT2D eigenvalue weighted by atomic mass is 10.1. The molecule has 0 fully saturated rings. The van der Waals surface area contributed by atoms with Gasteiger partial charge in [-0.15, -0.1) is 0 Å². The van der Waals surface area contributed by atoms with E-state index in [0.29, 0.717) is 48.3 Å². The monoisotopic (exact) mass is 454 g/mol. The molecule has 9 heteroatoms. The van der Waals surface area contributed by atoms with Crippen LogP contribution in [-0.4, -0.2) is 34.1 Å². The Balaban J connectivity index is 2.02. The van der Waals surface area contributed by atoms with Crippen molar-refractivity contribution in [3.8, 4) is 11.5 Å². The van der Waals surface area contributed by atoms with Crippen LogP contribution in [0, 0.1) is 0 Å². The van der Waals surface area contributed by atoms with Crippen LogP contribution in [0.25, 0.3) is 0 Å². The molecule has 0 heterocycles. The van der Waals surface area contributed by atoms with Gasteiger partial charge in [-0.25, -0.2) is 13.6 Å². The van der Waals surface area contributed by atoms with Crippen LogP contribution >= 0.6 is 11.6 Å². The predicted octanol–water partition coefficient (Wildman–Crippen LogP) is 3.54.